The first-order valence-electron chi connectivity index (χ1n) is 9.04. The molecule has 1 aliphatic rings. The number of nitrogens with zero attached hydrogens (tertiary/aromatic N) is 3. The topological polar surface area (TPSA) is 81.5 Å². The van der Waals surface area contributed by atoms with Crippen LogP contribution in [0.3, 0.4) is 0 Å². The van der Waals surface area contributed by atoms with Crippen LogP contribution in [0.4, 0.5) is 4.39 Å². The Morgan fingerprint density at radius 3 is 2.24 bits per heavy atom. The van der Waals surface area contributed by atoms with Gasteiger partial charge in [0.25, 0.3) is 11.8 Å². The highest BCUT2D eigenvalue weighted by Gasteiger charge is 2.39. The highest BCUT2D eigenvalue weighted by atomic mass is 19.1. The van der Waals surface area contributed by atoms with Gasteiger partial charge in [0, 0.05) is 0 Å². The summed E-state index contributed by atoms with van der Waals surface area (Å²) in [6, 6.07) is 11.9. The number of aromatic nitrogens is 2. The van der Waals surface area contributed by atoms with E-state index in [1.807, 2.05) is 6.92 Å². The second-order valence-electron chi connectivity index (χ2n) is 6.47. The fraction of sp³-hybridized carbons (Fsp3) is 0.143. The van der Waals surface area contributed by atoms with Crippen LogP contribution in [-0.2, 0) is 11.3 Å². The van der Waals surface area contributed by atoms with Crippen molar-refractivity contribution < 1.29 is 23.6 Å². The van der Waals surface area contributed by atoms with Gasteiger partial charge in [-0.1, -0.05) is 30.5 Å². The molecule has 0 saturated heterocycles. The first kappa shape index (κ1) is 18.5. The predicted molar refractivity (Wildman–Crippen MR) is 99.9 cm³/mol. The lowest BCUT2D eigenvalue weighted by molar-refractivity contribution is -0.0585. The van der Waals surface area contributed by atoms with Crippen molar-refractivity contribution in [1.29, 1.82) is 0 Å². The van der Waals surface area contributed by atoms with Crippen LogP contribution in [0.15, 0.2) is 54.7 Å². The van der Waals surface area contributed by atoms with E-state index >= 15 is 0 Å². The van der Waals surface area contributed by atoms with Gasteiger partial charge in [0.15, 0.2) is 0 Å². The highest BCUT2D eigenvalue weighted by Crippen LogP contribution is 2.24. The van der Waals surface area contributed by atoms with Crippen molar-refractivity contribution in [1.82, 2.24) is 14.8 Å². The molecule has 0 bridgehead atoms. The van der Waals surface area contributed by atoms with Crippen LogP contribution in [0.2, 0.25) is 0 Å². The van der Waals surface area contributed by atoms with Gasteiger partial charge >= 0.3 is 5.97 Å². The molecule has 0 unspecified atom stereocenters. The Morgan fingerprint density at radius 1 is 1.03 bits per heavy atom. The van der Waals surface area contributed by atoms with Gasteiger partial charge in [-0.25, -0.2) is 13.9 Å². The van der Waals surface area contributed by atoms with Gasteiger partial charge in [0.2, 0.25) is 0 Å². The molecule has 29 heavy (non-hydrogen) atoms. The standard InChI is InChI=1S/C21H16FN3O4/c1-2-5-18-17(12-23-24(18)14-10-8-13(22)9-11-14)21(28)29-25-19(26)15-6-3-4-7-16(15)20(25)27/h3-4,6-12H,2,5H2,1H3. The predicted octanol–water partition coefficient (Wildman–Crippen LogP) is 3.33. The van der Waals surface area contributed by atoms with Gasteiger partial charge in [-0.3, -0.25) is 9.59 Å². The lowest BCUT2D eigenvalue weighted by Crippen LogP contribution is -2.32. The molecule has 1 aliphatic heterocycles. The molecular weight excluding hydrogens is 377 g/mol. The van der Waals surface area contributed by atoms with E-state index in [1.54, 1.807) is 24.3 Å². The van der Waals surface area contributed by atoms with E-state index in [2.05, 4.69) is 5.10 Å². The van der Waals surface area contributed by atoms with Gasteiger partial charge in [0.05, 0.1) is 28.7 Å². The first-order valence-corrected chi connectivity index (χ1v) is 9.04. The van der Waals surface area contributed by atoms with Crippen LogP contribution in [0.1, 0.15) is 50.1 Å². The molecule has 3 aromatic rings. The molecule has 4 rings (SSSR count). The van der Waals surface area contributed by atoms with E-state index < -0.39 is 17.8 Å². The Bertz CT molecular complexity index is 1090. The van der Waals surface area contributed by atoms with E-state index in [-0.39, 0.29) is 22.5 Å². The Balaban J connectivity index is 1.64. The number of carbonyl (C=O) groups is 3. The molecule has 0 N–H and O–H groups in total. The maximum absolute atomic E-state index is 13.2. The molecule has 0 saturated carbocycles. The minimum Gasteiger partial charge on any atom is -0.324 e. The zero-order chi connectivity index (χ0) is 20.5. The van der Waals surface area contributed by atoms with Crippen molar-refractivity contribution in [2.24, 2.45) is 0 Å². The van der Waals surface area contributed by atoms with E-state index in [0.717, 1.165) is 0 Å². The number of fused-ring (bicyclic) bond motifs is 1. The van der Waals surface area contributed by atoms with Crippen LogP contribution in [0.25, 0.3) is 5.69 Å². The van der Waals surface area contributed by atoms with E-state index in [0.29, 0.717) is 29.3 Å². The molecule has 1 aromatic heterocycles. The summed E-state index contributed by atoms with van der Waals surface area (Å²) in [6.45, 7) is 1.93. The van der Waals surface area contributed by atoms with Gasteiger partial charge in [-0.15, -0.1) is 0 Å². The number of hydrogen-bond donors (Lipinski definition) is 0. The minimum atomic E-state index is -0.865. The first-order chi connectivity index (χ1) is 14.0. The number of amides is 2. The number of hydroxylamine groups is 2. The minimum absolute atomic E-state index is 0.132. The van der Waals surface area contributed by atoms with Gasteiger partial charge in [0.1, 0.15) is 11.4 Å². The second kappa shape index (κ2) is 7.31. The summed E-state index contributed by atoms with van der Waals surface area (Å²) in [7, 11) is 0. The van der Waals surface area contributed by atoms with Crippen LogP contribution >= 0.6 is 0 Å². The average molecular weight is 393 g/mol. The Kier molecular flexibility index (Phi) is 4.67. The Hall–Kier alpha value is -3.81. The van der Waals surface area contributed by atoms with Crippen molar-refractivity contribution >= 4 is 17.8 Å². The number of rotatable bonds is 5. The SMILES string of the molecule is CCCc1c(C(=O)ON2C(=O)c3ccccc3C2=O)cnn1-c1ccc(F)cc1. The van der Waals surface area contributed by atoms with Crippen molar-refractivity contribution in [3.8, 4) is 5.69 Å². The van der Waals surface area contributed by atoms with E-state index in [1.165, 1.54) is 35.1 Å². The monoisotopic (exact) mass is 393 g/mol. The third kappa shape index (κ3) is 3.18. The quantitative estimate of drug-likeness (QED) is 0.621. The van der Waals surface area contributed by atoms with Gasteiger partial charge in [-0.2, -0.15) is 5.10 Å². The molecular formula is C21H16FN3O4. The van der Waals surface area contributed by atoms with Crippen LogP contribution in [0, 0.1) is 5.82 Å². The summed E-state index contributed by atoms with van der Waals surface area (Å²) in [4.78, 5) is 42.7. The molecule has 0 atom stereocenters. The fourth-order valence-corrected chi connectivity index (χ4v) is 3.21. The third-order valence-electron chi connectivity index (χ3n) is 4.58. The fourth-order valence-electron chi connectivity index (χ4n) is 3.21. The summed E-state index contributed by atoms with van der Waals surface area (Å²) in [6.07, 6.45) is 2.51. The Labute approximate surface area is 165 Å². The van der Waals surface area contributed by atoms with Crippen LogP contribution in [-0.4, -0.2) is 32.6 Å². The molecule has 8 heteroatoms. The number of benzene rings is 2. The zero-order valence-electron chi connectivity index (χ0n) is 15.5. The third-order valence-corrected chi connectivity index (χ3v) is 4.58. The van der Waals surface area contributed by atoms with Crippen LogP contribution in [0.5, 0.6) is 0 Å². The lowest BCUT2D eigenvalue weighted by atomic mass is 10.1. The van der Waals surface area contributed by atoms with E-state index in [9.17, 15) is 18.8 Å². The summed E-state index contributed by atoms with van der Waals surface area (Å²) < 4.78 is 14.7. The van der Waals surface area contributed by atoms with E-state index in [4.69, 9.17) is 4.84 Å². The molecule has 2 aromatic carbocycles. The number of imide groups is 1. The molecule has 0 fully saturated rings. The smallest absolute Gasteiger partial charge is 0.324 e. The van der Waals surface area contributed by atoms with Crippen molar-refractivity contribution in [2.75, 3.05) is 0 Å². The number of hydrogen-bond acceptors (Lipinski definition) is 5. The van der Waals surface area contributed by atoms with Gasteiger partial charge < -0.3 is 4.84 Å². The summed E-state index contributed by atoms with van der Waals surface area (Å²) in [5.41, 5.74) is 1.62. The average Bonchev–Trinajstić information content (AvgIpc) is 3.24. The maximum Gasteiger partial charge on any atom is 0.367 e. The molecule has 0 spiro atoms. The summed E-state index contributed by atoms with van der Waals surface area (Å²) in [5.74, 6) is -2.64. The molecule has 7 nitrogen and oxygen atoms in total. The molecule has 146 valence electrons. The molecule has 0 radical (unpaired) electrons. The number of carbonyl (C=O) groups excluding carboxylic acids is 3. The van der Waals surface area contributed by atoms with Gasteiger partial charge in [-0.05, 0) is 42.8 Å². The van der Waals surface area contributed by atoms with Crippen molar-refractivity contribution in [3.63, 3.8) is 0 Å². The van der Waals surface area contributed by atoms with Crippen molar-refractivity contribution in [3.05, 3.63) is 82.9 Å². The number of halogens is 1. The molecule has 2 amide bonds. The highest BCUT2D eigenvalue weighted by molar-refractivity contribution is 6.21. The van der Waals surface area contributed by atoms with Crippen molar-refractivity contribution in [2.45, 2.75) is 19.8 Å². The molecule has 2 heterocycles. The maximum atomic E-state index is 13.2. The molecule has 0 aliphatic carbocycles. The normalized spacial score (nSPS) is 13.0. The summed E-state index contributed by atoms with van der Waals surface area (Å²) >= 11 is 0. The Morgan fingerprint density at radius 2 is 1.66 bits per heavy atom. The zero-order valence-corrected chi connectivity index (χ0v) is 15.5. The second-order valence-corrected chi connectivity index (χ2v) is 6.47. The van der Waals surface area contributed by atoms with Crippen LogP contribution < -0.4 is 0 Å². The largest absolute Gasteiger partial charge is 0.367 e. The summed E-state index contributed by atoms with van der Waals surface area (Å²) in [5, 5.41) is 4.68. The lowest BCUT2D eigenvalue weighted by Gasteiger charge is -2.13.